The van der Waals surface area contributed by atoms with Crippen molar-refractivity contribution in [1.29, 1.82) is 0 Å². The second-order valence-electron chi connectivity index (χ2n) is 3.75. The molecular weight excluding hydrogens is 162 g/mol. The predicted molar refractivity (Wildman–Crippen MR) is 54.1 cm³/mol. The quantitative estimate of drug-likeness (QED) is 0.697. The lowest BCUT2D eigenvalue weighted by atomic mass is 9.90. The Kier molecular flexibility index (Phi) is 4.58. The molecule has 1 aliphatic carbocycles. The van der Waals surface area contributed by atoms with Crippen LogP contribution in [0.15, 0.2) is 12.8 Å². The monoisotopic (exact) mass is 181 g/mol. The third-order valence-corrected chi connectivity index (χ3v) is 2.72. The molecule has 0 aliphatic heterocycles. The lowest BCUT2D eigenvalue weighted by Gasteiger charge is -2.17. The molecule has 1 saturated carbocycles. The number of amides is 1. The summed E-state index contributed by atoms with van der Waals surface area (Å²) < 4.78 is 0. The summed E-state index contributed by atoms with van der Waals surface area (Å²) in [5.41, 5.74) is 0. The van der Waals surface area contributed by atoms with Gasteiger partial charge in [-0.15, -0.1) is 0 Å². The van der Waals surface area contributed by atoms with Crippen LogP contribution in [-0.2, 0) is 4.79 Å². The minimum atomic E-state index is 0.164. The zero-order valence-corrected chi connectivity index (χ0v) is 8.22. The Labute approximate surface area is 80.4 Å². The summed E-state index contributed by atoms with van der Waals surface area (Å²) in [6.45, 7) is 3.51. The molecule has 0 aromatic carbocycles. The van der Waals surface area contributed by atoms with Gasteiger partial charge in [-0.05, 0) is 19.0 Å². The van der Waals surface area contributed by atoms with Crippen LogP contribution in [0.5, 0.6) is 0 Å². The number of hydrogen-bond acceptors (Lipinski definition) is 1. The van der Waals surface area contributed by atoms with E-state index in [1.54, 1.807) is 0 Å². The van der Waals surface area contributed by atoms with Crippen molar-refractivity contribution in [2.45, 2.75) is 44.9 Å². The topological polar surface area (TPSA) is 29.1 Å². The maximum atomic E-state index is 11.5. The largest absolute Gasteiger partial charge is 0.333 e. The molecule has 0 atom stereocenters. The standard InChI is InChI=1S/C11H19NO/c1-2-12-11(13)10-8-6-4-3-5-7-9-10/h2,10H,1,3-9H2,(H,12,13). The first-order valence-corrected chi connectivity index (χ1v) is 5.26. The van der Waals surface area contributed by atoms with Crippen LogP contribution < -0.4 is 5.32 Å². The van der Waals surface area contributed by atoms with Gasteiger partial charge in [-0.1, -0.05) is 38.7 Å². The van der Waals surface area contributed by atoms with E-state index in [0.717, 1.165) is 12.8 Å². The van der Waals surface area contributed by atoms with Crippen LogP contribution in [0.2, 0.25) is 0 Å². The first-order valence-electron chi connectivity index (χ1n) is 5.26. The van der Waals surface area contributed by atoms with Gasteiger partial charge >= 0.3 is 0 Å². The van der Waals surface area contributed by atoms with Crippen LogP contribution in [-0.4, -0.2) is 5.91 Å². The number of carbonyl (C=O) groups excluding carboxylic acids is 1. The van der Waals surface area contributed by atoms with Crippen molar-refractivity contribution in [3.8, 4) is 0 Å². The summed E-state index contributed by atoms with van der Waals surface area (Å²) in [6.07, 6.45) is 9.93. The molecule has 1 aliphatic rings. The molecule has 74 valence electrons. The molecule has 0 bridgehead atoms. The third kappa shape index (κ3) is 3.62. The smallest absolute Gasteiger partial charge is 0.226 e. The molecule has 0 aromatic rings. The van der Waals surface area contributed by atoms with Crippen molar-refractivity contribution >= 4 is 5.91 Å². The van der Waals surface area contributed by atoms with E-state index in [0.29, 0.717) is 0 Å². The highest BCUT2D eigenvalue weighted by molar-refractivity contribution is 5.79. The Morgan fingerprint density at radius 1 is 1.15 bits per heavy atom. The number of hydrogen-bond donors (Lipinski definition) is 1. The normalized spacial score (nSPS) is 20.0. The van der Waals surface area contributed by atoms with E-state index in [1.165, 1.54) is 38.3 Å². The maximum Gasteiger partial charge on any atom is 0.226 e. The van der Waals surface area contributed by atoms with E-state index in [2.05, 4.69) is 11.9 Å². The molecule has 2 heteroatoms. The molecule has 1 amide bonds. The van der Waals surface area contributed by atoms with Crippen LogP contribution in [0.4, 0.5) is 0 Å². The van der Waals surface area contributed by atoms with Crippen molar-refractivity contribution in [2.75, 3.05) is 0 Å². The molecule has 0 radical (unpaired) electrons. The van der Waals surface area contributed by atoms with E-state index in [9.17, 15) is 4.79 Å². The van der Waals surface area contributed by atoms with Gasteiger partial charge < -0.3 is 5.32 Å². The molecule has 0 spiro atoms. The molecule has 1 rings (SSSR count). The lowest BCUT2D eigenvalue weighted by molar-refractivity contribution is -0.124. The zero-order chi connectivity index (χ0) is 9.52. The molecule has 13 heavy (non-hydrogen) atoms. The Morgan fingerprint density at radius 2 is 1.69 bits per heavy atom. The zero-order valence-electron chi connectivity index (χ0n) is 8.22. The molecular formula is C11H19NO. The van der Waals surface area contributed by atoms with Crippen LogP contribution in [0, 0.1) is 5.92 Å². The van der Waals surface area contributed by atoms with Crippen LogP contribution in [0.25, 0.3) is 0 Å². The van der Waals surface area contributed by atoms with E-state index in [4.69, 9.17) is 0 Å². The summed E-state index contributed by atoms with van der Waals surface area (Å²) in [5.74, 6) is 0.398. The lowest BCUT2D eigenvalue weighted by Crippen LogP contribution is -2.26. The van der Waals surface area contributed by atoms with Crippen molar-refractivity contribution in [3.63, 3.8) is 0 Å². The number of rotatable bonds is 2. The summed E-state index contributed by atoms with van der Waals surface area (Å²) in [6, 6.07) is 0. The van der Waals surface area contributed by atoms with E-state index < -0.39 is 0 Å². The average Bonchev–Trinajstić information content (AvgIpc) is 2.03. The first-order chi connectivity index (χ1) is 6.34. The summed E-state index contributed by atoms with van der Waals surface area (Å²) >= 11 is 0. The Balaban J connectivity index is 2.36. The third-order valence-electron chi connectivity index (χ3n) is 2.72. The van der Waals surface area contributed by atoms with Gasteiger partial charge in [0.25, 0.3) is 0 Å². The van der Waals surface area contributed by atoms with Gasteiger partial charge in [0, 0.05) is 5.92 Å². The number of carbonyl (C=O) groups is 1. The van der Waals surface area contributed by atoms with Gasteiger partial charge in [0.2, 0.25) is 5.91 Å². The second-order valence-corrected chi connectivity index (χ2v) is 3.75. The fraction of sp³-hybridized carbons (Fsp3) is 0.727. The van der Waals surface area contributed by atoms with Crippen molar-refractivity contribution in [3.05, 3.63) is 12.8 Å². The van der Waals surface area contributed by atoms with Gasteiger partial charge in [-0.3, -0.25) is 4.79 Å². The highest BCUT2D eigenvalue weighted by atomic mass is 16.1. The van der Waals surface area contributed by atoms with Gasteiger partial charge in [0.15, 0.2) is 0 Å². The Morgan fingerprint density at radius 3 is 2.23 bits per heavy atom. The molecule has 2 nitrogen and oxygen atoms in total. The van der Waals surface area contributed by atoms with Gasteiger partial charge in [-0.25, -0.2) is 0 Å². The van der Waals surface area contributed by atoms with Gasteiger partial charge in [-0.2, -0.15) is 0 Å². The number of nitrogens with one attached hydrogen (secondary N) is 1. The minimum Gasteiger partial charge on any atom is -0.333 e. The molecule has 1 fully saturated rings. The van der Waals surface area contributed by atoms with Crippen molar-refractivity contribution < 1.29 is 4.79 Å². The molecule has 0 heterocycles. The van der Waals surface area contributed by atoms with E-state index in [1.807, 2.05) is 0 Å². The van der Waals surface area contributed by atoms with Crippen LogP contribution >= 0.6 is 0 Å². The molecule has 0 saturated heterocycles. The van der Waals surface area contributed by atoms with Crippen molar-refractivity contribution in [2.24, 2.45) is 5.92 Å². The maximum absolute atomic E-state index is 11.5. The van der Waals surface area contributed by atoms with Gasteiger partial charge in [0.1, 0.15) is 0 Å². The van der Waals surface area contributed by atoms with Crippen LogP contribution in [0.1, 0.15) is 44.9 Å². The fourth-order valence-corrected chi connectivity index (χ4v) is 1.94. The molecule has 0 aromatic heterocycles. The highest BCUT2D eigenvalue weighted by Gasteiger charge is 2.17. The first kappa shape index (κ1) is 10.3. The second kappa shape index (κ2) is 5.79. The summed E-state index contributed by atoms with van der Waals surface area (Å²) in [4.78, 5) is 11.5. The predicted octanol–water partition coefficient (Wildman–Crippen LogP) is 2.61. The van der Waals surface area contributed by atoms with E-state index >= 15 is 0 Å². The summed E-state index contributed by atoms with van der Waals surface area (Å²) in [5, 5.41) is 2.69. The minimum absolute atomic E-state index is 0.164. The SMILES string of the molecule is C=CNC(=O)C1CCCCCCC1. The highest BCUT2D eigenvalue weighted by Crippen LogP contribution is 2.22. The van der Waals surface area contributed by atoms with Crippen LogP contribution in [0.3, 0.4) is 0 Å². The average molecular weight is 181 g/mol. The molecule has 0 unspecified atom stereocenters. The van der Waals surface area contributed by atoms with Gasteiger partial charge in [0.05, 0.1) is 0 Å². The Bertz CT molecular complexity index is 169. The molecule has 1 N–H and O–H groups in total. The Hall–Kier alpha value is -0.790. The summed E-state index contributed by atoms with van der Waals surface area (Å²) in [7, 11) is 0. The fourth-order valence-electron chi connectivity index (χ4n) is 1.94. The van der Waals surface area contributed by atoms with Crippen molar-refractivity contribution in [1.82, 2.24) is 5.32 Å². The van der Waals surface area contributed by atoms with E-state index in [-0.39, 0.29) is 11.8 Å².